The molecule has 6 aliphatic rings. The topological polar surface area (TPSA) is 131 Å². The number of fused-ring (bicyclic) bond motifs is 6. The molecule has 6 aromatic rings. The molecule has 6 aliphatic heterocycles. The third-order valence-electron chi connectivity index (χ3n) is 12.8. The average Bonchev–Trinajstić information content (AvgIpc) is 1.72. The minimum atomic E-state index is -0.909. The van der Waals surface area contributed by atoms with Crippen LogP contribution in [0.5, 0.6) is 69.0 Å². The SMILES string of the molecule is C/C=C/CC.CCC.CCCC.CCCCC.OC(c1c(P)ccc2c1OCO2)c1c(P)ccc2c1OCO2.Pc1ccc2c(c1C(=S)c1c(P)ccc3c1OCO3)OCO2.Pc1ccc2c(c1C(S)c1c(P)ccc3c1OCO3)OCO2.[Ar].[Ar].[Ar].[Ar].[Ar].[Ar].[Ar].[Ar].[Ar].[Ar].[Ar].[Ar]. The Morgan fingerprint density at radius 2 is 0.621 bits per heavy atom. The summed E-state index contributed by atoms with van der Waals surface area (Å²) in [5.41, 5.74) is 4.93. The van der Waals surface area contributed by atoms with Crippen molar-refractivity contribution in [1.29, 1.82) is 0 Å². The zero-order chi connectivity index (χ0) is 60.2. The smallest absolute Gasteiger partial charge is 0.231 e. The van der Waals surface area contributed by atoms with E-state index in [9.17, 15) is 5.11 Å². The first-order chi connectivity index (χ1) is 40.2. The van der Waals surface area contributed by atoms with Gasteiger partial charge in [-0.15, -0.1) is 55.4 Å². The third-order valence-corrected chi connectivity index (χ3v) is 16.7. The van der Waals surface area contributed by atoms with Crippen LogP contribution in [0, 0.1) is 453 Å². The van der Waals surface area contributed by atoms with Crippen LogP contribution < -0.4 is 88.7 Å². The monoisotopic (exact) mass is 1760 g/mol. The van der Waals surface area contributed by atoms with E-state index >= 15 is 0 Å². The van der Waals surface area contributed by atoms with Gasteiger partial charge in [-0.05, 0) is 81.6 Å². The molecule has 1 N–H and O–H groups in total. The van der Waals surface area contributed by atoms with Crippen molar-refractivity contribution in [2.24, 2.45) is 0 Å². The molecule has 6 atom stereocenters. The van der Waals surface area contributed by atoms with E-state index in [0.717, 1.165) is 83.5 Å². The number of benzene rings is 6. The number of thiocarbonyl (C=S) groups is 1. The molecule has 33 heteroatoms. The molecular weight excluding hydrogens is 1680 g/mol. The fourth-order valence-electron chi connectivity index (χ4n) is 8.61. The summed E-state index contributed by atoms with van der Waals surface area (Å²) in [5, 5.41) is 16.4. The van der Waals surface area contributed by atoms with Crippen LogP contribution in [0.3, 0.4) is 0 Å². The van der Waals surface area contributed by atoms with Crippen molar-refractivity contribution >= 4 is 117 Å². The summed E-state index contributed by atoms with van der Waals surface area (Å²) in [6, 6.07) is 22.9. The van der Waals surface area contributed by atoms with Crippen molar-refractivity contribution in [1.82, 2.24) is 0 Å². The molecule has 13 nitrogen and oxygen atoms in total. The normalized spacial score (nSPS) is 11.6. The second-order valence-electron chi connectivity index (χ2n) is 18.9. The van der Waals surface area contributed by atoms with Gasteiger partial charge < -0.3 is 61.9 Å². The molecule has 0 aromatic heterocycles. The zero-order valence-corrected chi connectivity index (χ0v) is 70.0. The number of thiol groups is 1. The van der Waals surface area contributed by atoms with E-state index in [1.54, 1.807) is 0 Å². The van der Waals surface area contributed by atoms with Crippen molar-refractivity contribution in [2.75, 3.05) is 40.8 Å². The van der Waals surface area contributed by atoms with Gasteiger partial charge in [0.1, 0.15) is 6.10 Å². The van der Waals surface area contributed by atoms with Crippen LogP contribution in [-0.4, -0.2) is 50.7 Å². The fraction of sp³-hybridized carbons (Fsp3) is 0.371. The van der Waals surface area contributed by atoms with Crippen LogP contribution in [0.2, 0.25) is 0 Å². The second kappa shape index (κ2) is 66.0. The Bertz CT molecular complexity index is 2910. The van der Waals surface area contributed by atoms with E-state index in [-0.39, 0.29) is 499 Å². The van der Waals surface area contributed by atoms with Gasteiger partial charge in [-0.2, -0.15) is 12.6 Å². The summed E-state index contributed by atoms with van der Waals surface area (Å²) in [6.45, 7) is 18.4. The number of rotatable bonds is 10. The van der Waals surface area contributed by atoms with Crippen molar-refractivity contribution < 1.29 is 515 Å². The van der Waals surface area contributed by atoms with Gasteiger partial charge in [-0.25, -0.2) is 0 Å². The summed E-state index contributed by atoms with van der Waals surface area (Å²) < 4.78 is 66.2. The van der Waals surface area contributed by atoms with E-state index in [4.69, 9.17) is 81.7 Å². The Labute approximate surface area is 949 Å². The second-order valence-corrected chi connectivity index (χ2v) is 23.6. The fourth-order valence-corrected chi connectivity index (χ4v) is 12.4. The van der Waals surface area contributed by atoms with Gasteiger partial charge in [-0.1, -0.05) is 148 Å². The molecule has 544 valence electrons. The Hall–Kier alpha value is 10.8. The summed E-state index contributed by atoms with van der Waals surface area (Å²) in [6.07, 6.45) is 12.4. The maximum Gasteiger partial charge on any atom is 0.231 e. The van der Waals surface area contributed by atoms with E-state index in [2.05, 4.69) is 116 Å². The van der Waals surface area contributed by atoms with Crippen molar-refractivity contribution in [2.45, 2.75) is 112 Å². The Morgan fingerprint density at radius 3 is 0.842 bits per heavy atom. The Morgan fingerprint density at radius 1 is 0.389 bits per heavy atom. The van der Waals surface area contributed by atoms with Crippen LogP contribution in [0.4, 0.5) is 0 Å². The van der Waals surface area contributed by atoms with Crippen molar-refractivity contribution in [3.63, 3.8) is 0 Å². The Balaban J connectivity index is -0.000000206. The average molecular weight is 1760 g/mol. The predicted molar refractivity (Wildman–Crippen MR) is 364 cm³/mol. The van der Waals surface area contributed by atoms with E-state index in [0.29, 0.717) is 62.0 Å². The molecule has 95 heavy (non-hydrogen) atoms. The van der Waals surface area contributed by atoms with E-state index in [1.165, 1.54) is 38.5 Å². The van der Waals surface area contributed by atoms with Gasteiger partial charge in [0.2, 0.25) is 40.8 Å². The molecule has 0 aliphatic carbocycles. The van der Waals surface area contributed by atoms with Gasteiger partial charge in [0.25, 0.3) is 0 Å². The summed E-state index contributed by atoms with van der Waals surface area (Å²) in [4.78, 5) is 0.653. The molecule has 6 heterocycles. The van der Waals surface area contributed by atoms with Crippen LogP contribution in [0.25, 0.3) is 0 Å². The third kappa shape index (κ3) is 35.0. The number of ether oxygens (including phenoxy) is 12. The quantitative estimate of drug-likeness (QED) is 0.0443. The number of unbranched alkanes of at least 4 members (excludes halogenated alkanes) is 3. The molecule has 0 fully saturated rings. The van der Waals surface area contributed by atoms with Crippen molar-refractivity contribution in [3.05, 3.63) is 118 Å². The molecule has 0 saturated heterocycles. The molecular formula is C62H80Ar12O13P6S2. The number of hydrogen-bond donors (Lipinski definition) is 2. The standard InChI is InChI=1S/C15H14O5P2.C15H14O4P2S.C15H12O4P2S.C5H12.C5H10.C4H10.C3H8.12Ar/c16-13(11-9(21)3-1-7-14(11)19-5-17-7)12-10(22)4-2-8-15(12)20-6-18-8;2*20-9-3-1-7-13(18-5-16-7)11(9)15(22)12-10(21)4-2-8-14(12)19-6-17-8;2*1-3-5-4-2;1-3-4-2;1-3-2;;;;;;;;;;;;/h1-4,13,16H,5-6,21-22H2;1-4,15,22H,5-6,20-21H2;1-4H,5-6,20-21H2;3-5H2,1-2H3;3,5H,4H2,1-2H3;3-4H2,1-2H3;3H2,1-2H3;;;;;;;;;;;;/b;;;;5-3+;;;;;;;;;;;;;;. The minimum absolute atomic E-state index is 0. The predicted octanol–water partition coefficient (Wildman–Crippen LogP) is 12.7. The molecule has 0 bridgehead atoms. The molecule has 12 rings (SSSR count). The minimum Gasteiger partial charge on any atom is -0.454 e. The van der Waals surface area contributed by atoms with Gasteiger partial charge in [0.15, 0.2) is 69.0 Å². The maximum absolute atomic E-state index is 11.0. The molecule has 0 radical (unpaired) electrons. The molecule has 6 aromatic carbocycles. The first-order valence-corrected chi connectivity index (χ1v) is 32.1. The molecule has 6 unspecified atom stereocenters. The van der Waals surface area contributed by atoms with E-state index in [1.807, 2.05) is 79.7 Å². The van der Waals surface area contributed by atoms with Gasteiger partial charge in [0, 0.05) is 486 Å². The molecule has 0 saturated carbocycles. The van der Waals surface area contributed by atoms with Gasteiger partial charge >= 0.3 is 0 Å². The maximum atomic E-state index is 11.0. The molecule has 0 spiro atoms. The largest absolute Gasteiger partial charge is 0.454 e. The van der Waals surface area contributed by atoms with Crippen molar-refractivity contribution in [3.8, 4) is 69.0 Å². The number of aliphatic hydroxyl groups is 1. The summed E-state index contributed by atoms with van der Waals surface area (Å²) in [7, 11) is 16.1. The molecule has 0 amide bonds. The number of hydrogen-bond acceptors (Lipinski definition) is 15. The number of aliphatic hydroxyl groups excluding tert-OH is 1. The van der Waals surface area contributed by atoms with Crippen LogP contribution in [-0.2, 0) is 0 Å². The van der Waals surface area contributed by atoms with E-state index < -0.39 is 6.10 Å². The Kier molecular flexibility index (Phi) is 82.6. The van der Waals surface area contributed by atoms with Crippen LogP contribution in [0.15, 0.2) is 84.9 Å². The first-order valence-electron chi connectivity index (χ1n) is 27.8. The van der Waals surface area contributed by atoms with Crippen LogP contribution >= 0.6 is 80.3 Å². The summed E-state index contributed by atoms with van der Waals surface area (Å²) in [5.74, 6) is 8.16. The first kappa shape index (κ1) is 119. The van der Waals surface area contributed by atoms with Gasteiger partial charge in [-0.3, -0.25) is 0 Å². The zero-order valence-electron chi connectivity index (χ0n) is 52.8. The van der Waals surface area contributed by atoms with Gasteiger partial charge in [0.05, 0.1) is 10.1 Å². The number of allylic oxidation sites excluding steroid dienone is 2. The van der Waals surface area contributed by atoms with Crippen LogP contribution in [0.1, 0.15) is 145 Å². The summed E-state index contributed by atoms with van der Waals surface area (Å²) >= 11 is 10.6.